The molecule has 23 heavy (non-hydrogen) atoms. The van der Waals surface area contributed by atoms with E-state index >= 15 is 0 Å². The summed E-state index contributed by atoms with van der Waals surface area (Å²) >= 11 is 0. The number of benzene rings is 1. The Hall–Kier alpha value is -2.43. The SMILES string of the molecule is CCc1ccc(NC(=O)c2cc(NC(C)(C)C)nc(C)n2)cc1. The highest BCUT2D eigenvalue weighted by Gasteiger charge is 2.15. The van der Waals surface area contributed by atoms with E-state index in [1.54, 1.807) is 13.0 Å². The number of rotatable bonds is 4. The van der Waals surface area contributed by atoms with Crippen molar-refractivity contribution in [3.8, 4) is 0 Å². The van der Waals surface area contributed by atoms with Gasteiger partial charge in [0, 0.05) is 17.3 Å². The highest BCUT2D eigenvalue weighted by molar-refractivity contribution is 6.03. The summed E-state index contributed by atoms with van der Waals surface area (Å²) in [6, 6.07) is 9.49. The quantitative estimate of drug-likeness (QED) is 0.901. The molecule has 0 bridgehead atoms. The molecule has 2 aromatic rings. The minimum Gasteiger partial charge on any atom is -0.365 e. The Kier molecular flexibility index (Phi) is 4.98. The standard InChI is InChI=1S/C18H24N4O/c1-6-13-7-9-14(10-8-13)21-17(23)15-11-16(20-12(2)19-15)22-18(3,4)5/h7-11H,6H2,1-5H3,(H,21,23)(H,19,20,22). The first-order chi connectivity index (χ1) is 10.8. The van der Waals surface area contributed by atoms with Gasteiger partial charge in [0.25, 0.3) is 5.91 Å². The number of nitrogens with one attached hydrogen (secondary N) is 2. The lowest BCUT2D eigenvalue weighted by Crippen LogP contribution is -2.27. The Morgan fingerprint density at radius 3 is 2.35 bits per heavy atom. The second-order valence-corrected chi connectivity index (χ2v) is 6.57. The molecule has 0 aliphatic rings. The zero-order valence-corrected chi connectivity index (χ0v) is 14.4. The van der Waals surface area contributed by atoms with Gasteiger partial charge in [0.2, 0.25) is 0 Å². The Morgan fingerprint density at radius 2 is 1.78 bits per heavy atom. The lowest BCUT2D eigenvalue weighted by molar-refractivity contribution is 0.102. The van der Waals surface area contributed by atoms with E-state index in [0.29, 0.717) is 17.3 Å². The molecule has 0 fully saturated rings. The van der Waals surface area contributed by atoms with Crippen LogP contribution in [0.5, 0.6) is 0 Å². The van der Waals surface area contributed by atoms with Crippen molar-refractivity contribution in [1.82, 2.24) is 9.97 Å². The van der Waals surface area contributed by atoms with Crippen molar-refractivity contribution in [3.05, 3.63) is 47.4 Å². The van der Waals surface area contributed by atoms with Crippen molar-refractivity contribution in [2.24, 2.45) is 0 Å². The van der Waals surface area contributed by atoms with Gasteiger partial charge in [-0.3, -0.25) is 4.79 Å². The fraction of sp³-hybridized carbons (Fsp3) is 0.389. The molecule has 0 saturated carbocycles. The molecule has 1 heterocycles. The van der Waals surface area contributed by atoms with Crippen molar-refractivity contribution in [2.75, 3.05) is 10.6 Å². The molecule has 0 unspecified atom stereocenters. The monoisotopic (exact) mass is 312 g/mol. The second-order valence-electron chi connectivity index (χ2n) is 6.57. The molecule has 0 spiro atoms. The first-order valence-corrected chi connectivity index (χ1v) is 7.81. The Morgan fingerprint density at radius 1 is 1.13 bits per heavy atom. The van der Waals surface area contributed by atoms with Gasteiger partial charge >= 0.3 is 0 Å². The molecule has 0 atom stereocenters. The predicted octanol–water partition coefficient (Wildman–Crippen LogP) is 3.81. The number of aryl methyl sites for hydroxylation is 2. The minimum absolute atomic E-state index is 0.134. The molecule has 0 saturated heterocycles. The van der Waals surface area contributed by atoms with Crippen LogP contribution in [-0.4, -0.2) is 21.4 Å². The van der Waals surface area contributed by atoms with Gasteiger partial charge in [-0.1, -0.05) is 19.1 Å². The Bertz CT molecular complexity index is 687. The van der Waals surface area contributed by atoms with Crippen molar-refractivity contribution < 1.29 is 4.79 Å². The van der Waals surface area contributed by atoms with Crippen LogP contribution in [0.15, 0.2) is 30.3 Å². The van der Waals surface area contributed by atoms with Gasteiger partial charge < -0.3 is 10.6 Å². The molecule has 1 amide bonds. The zero-order valence-electron chi connectivity index (χ0n) is 14.4. The van der Waals surface area contributed by atoms with Gasteiger partial charge in [0.1, 0.15) is 17.3 Å². The molecule has 0 aliphatic heterocycles. The maximum Gasteiger partial charge on any atom is 0.274 e. The van der Waals surface area contributed by atoms with Crippen molar-refractivity contribution >= 4 is 17.4 Å². The van der Waals surface area contributed by atoms with E-state index in [9.17, 15) is 4.79 Å². The van der Waals surface area contributed by atoms with Crippen molar-refractivity contribution in [3.63, 3.8) is 0 Å². The first-order valence-electron chi connectivity index (χ1n) is 7.81. The van der Waals surface area contributed by atoms with Gasteiger partial charge in [-0.25, -0.2) is 9.97 Å². The van der Waals surface area contributed by atoms with E-state index in [2.05, 4.69) is 27.5 Å². The van der Waals surface area contributed by atoms with Crippen molar-refractivity contribution in [1.29, 1.82) is 0 Å². The van der Waals surface area contributed by atoms with Gasteiger partial charge in [0.15, 0.2) is 0 Å². The van der Waals surface area contributed by atoms with Crippen LogP contribution < -0.4 is 10.6 Å². The number of amides is 1. The van der Waals surface area contributed by atoms with E-state index < -0.39 is 0 Å². The zero-order chi connectivity index (χ0) is 17.0. The number of hydrogen-bond acceptors (Lipinski definition) is 4. The summed E-state index contributed by atoms with van der Waals surface area (Å²) in [5.41, 5.74) is 2.21. The largest absolute Gasteiger partial charge is 0.365 e. The molecule has 0 aliphatic carbocycles. The molecule has 1 aromatic carbocycles. The molecule has 1 aromatic heterocycles. The highest BCUT2D eigenvalue weighted by atomic mass is 16.1. The van der Waals surface area contributed by atoms with Gasteiger partial charge in [-0.15, -0.1) is 0 Å². The number of carbonyl (C=O) groups excluding carboxylic acids is 1. The molecule has 5 heteroatoms. The average Bonchev–Trinajstić information content (AvgIpc) is 2.45. The highest BCUT2D eigenvalue weighted by Crippen LogP contribution is 2.15. The van der Waals surface area contributed by atoms with Gasteiger partial charge in [0.05, 0.1) is 0 Å². The second kappa shape index (κ2) is 6.77. The van der Waals surface area contributed by atoms with Crippen LogP contribution in [0, 0.1) is 6.92 Å². The summed E-state index contributed by atoms with van der Waals surface area (Å²) in [5.74, 6) is 0.971. The van der Waals surface area contributed by atoms with Crippen LogP contribution in [0.25, 0.3) is 0 Å². The third kappa shape index (κ3) is 5.06. The summed E-state index contributed by atoms with van der Waals surface area (Å²) in [6.07, 6.45) is 0.973. The predicted molar refractivity (Wildman–Crippen MR) is 93.9 cm³/mol. The summed E-state index contributed by atoms with van der Waals surface area (Å²) in [5, 5.41) is 6.13. The molecule has 2 N–H and O–H groups in total. The van der Waals surface area contributed by atoms with Crippen LogP contribution in [0.2, 0.25) is 0 Å². The number of aromatic nitrogens is 2. The van der Waals surface area contributed by atoms with Crippen LogP contribution in [0.1, 0.15) is 49.6 Å². The van der Waals surface area contributed by atoms with Crippen LogP contribution in [-0.2, 0) is 6.42 Å². The number of carbonyl (C=O) groups is 1. The average molecular weight is 312 g/mol. The van der Waals surface area contributed by atoms with E-state index in [0.717, 1.165) is 12.1 Å². The first kappa shape index (κ1) is 16.9. The number of anilines is 2. The van der Waals surface area contributed by atoms with E-state index in [4.69, 9.17) is 0 Å². The van der Waals surface area contributed by atoms with Gasteiger partial charge in [-0.05, 0) is 51.8 Å². The minimum atomic E-state index is -0.239. The molecular weight excluding hydrogens is 288 g/mol. The van der Waals surface area contributed by atoms with E-state index in [1.165, 1.54) is 5.56 Å². The summed E-state index contributed by atoms with van der Waals surface area (Å²) in [7, 11) is 0. The van der Waals surface area contributed by atoms with Gasteiger partial charge in [-0.2, -0.15) is 0 Å². The molecule has 5 nitrogen and oxygen atoms in total. The fourth-order valence-electron chi connectivity index (χ4n) is 2.15. The maximum absolute atomic E-state index is 12.4. The lowest BCUT2D eigenvalue weighted by Gasteiger charge is -2.21. The summed E-state index contributed by atoms with van der Waals surface area (Å²) in [6.45, 7) is 10.0. The van der Waals surface area contributed by atoms with E-state index in [1.807, 2.05) is 45.0 Å². The topological polar surface area (TPSA) is 66.9 Å². The maximum atomic E-state index is 12.4. The van der Waals surface area contributed by atoms with Crippen molar-refractivity contribution in [2.45, 2.75) is 46.6 Å². The van der Waals surface area contributed by atoms with Crippen LogP contribution in [0.4, 0.5) is 11.5 Å². The molecule has 0 radical (unpaired) electrons. The lowest BCUT2D eigenvalue weighted by atomic mass is 10.1. The van der Waals surface area contributed by atoms with Crippen LogP contribution in [0.3, 0.4) is 0 Å². The molecule has 122 valence electrons. The Labute approximate surface area is 137 Å². The molecule has 2 rings (SSSR count). The number of hydrogen-bond donors (Lipinski definition) is 2. The van der Waals surface area contributed by atoms with E-state index in [-0.39, 0.29) is 11.4 Å². The normalized spacial score (nSPS) is 11.2. The third-order valence-electron chi connectivity index (χ3n) is 3.19. The smallest absolute Gasteiger partial charge is 0.274 e. The number of nitrogens with zero attached hydrogens (tertiary/aromatic N) is 2. The third-order valence-corrected chi connectivity index (χ3v) is 3.19. The Balaban J connectivity index is 2.17. The van der Waals surface area contributed by atoms with Crippen LogP contribution >= 0.6 is 0 Å². The summed E-state index contributed by atoms with van der Waals surface area (Å²) in [4.78, 5) is 21.0. The fourth-order valence-corrected chi connectivity index (χ4v) is 2.15. The summed E-state index contributed by atoms with van der Waals surface area (Å²) < 4.78 is 0. The molecular formula is C18H24N4O.